The molecule has 1 aromatic heterocycles. The lowest BCUT2D eigenvalue weighted by Crippen LogP contribution is -2.14. The lowest BCUT2D eigenvalue weighted by molar-refractivity contribution is -0.137. The highest BCUT2D eigenvalue weighted by molar-refractivity contribution is 9.10. The van der Waals surface area contributed by atoms with Gasteiger partial charge in [-0.2, -0.15) is 18.3 Å². The Morgan fingerprint density at radius 2 is 1.85 bits per heavy atom. The van der Waals surface area contributed by atoms with E-state index in [2.05, 4.69) is 26.3 Å². The van der Waals surface area contributed by atoms with Crippen LogP contribution in [0.25, 0.3) is 0 Å². The Bertz CT molecular complexity index is 967. The van der Waals surface area contributed by atoms with Gasteiger partial charge in [0.25, 0.3) is 5.91 Å². The van der Waals surface area contributed by atoms with Crippen molar-refractivity contribution in [2.75, 3.05) is 5.32 Å². The molecule has 0 bridgehead atoms. The molecule has 4 nitrogen and oxygen atoms in total. The molecule has 0 saturated carbocycles. The molecule has 1 amide bonds. The van der Waals surface area contributed by atoms with E-state index in [0.717, 1.165) is 10.0 Å². The van der Waals surface area contributed by atoms with Gasteiger partial charge in [0.05, 0.1) is 28.5 Å². The predicted octanol–water partition coefficient (Wildman–Crippen LogP) is 5.10. The maximum Gasteiger partial charge on any atom is 0.416 e. The minimum atomic E-state index is -4.63. The van der Waals surface area contributed by atoms with Crippen molar-refractivity contribution in [3.8, 4) is 0 Å². The van der Waals surface area contributed by atoms with E-state index in [9.17, 15) is 22.4 Å². The zero-order valence-electron chi connectivity index (χ0n) is 13.6. The number of carbonyl (C=O) groups excluding carboxylic acids is 1. The van der Waals surface area contributed by atoms with Crippen molar-refractivity contribution in [3.05, 3.63) is 81.8 Å². The molecule has 3 rings (SSSR count). The van der Waals surface area contributed by atoms with Crippen molar-refractivity contribution in [2.24, 2.45) is 0 Å². The molecule has 0 fully saturated rings. The largest absolute Gasteiger partial charge is 0.416 e. The summed E-state index contributed by atoms with van der Waals surface area (Å²) in [6, 6.07) is 8.25. The minimum Gasteiger partial charge on any atom is -0.319 e. The van der Waals surface area contributed by atoms with Crippen LogP contribution in [0.1, 0.15) is 21.5 Å². The molecule has 2 aromatic carbocycles. The molecule has 140 valence electrons. The van der Waals surface area contributed by atoms with Crippen molar-refractivity contribution in [1.82, 2.24) is 9.78 Å². The fourth-order valence-corrected chi connectivity index (χ4v) is 2.69. The van der Waals surface area contributed by atoms with Crippen LogP contribution in [0.3, 0.4) is 0 Å². The Hall–Kier alpha value is -2.68. The summed E-state index contributed by atoms with van der Waals surface area (Å²) in [5.74, 6) is -1.65. The molecule has 0 aliphatic carbocycles. The van der Waals surface area contributed by atoms with Crippen LogP contribution >= 0.6 is 15.9 Å². The quantitative estimate of drug-likeness (QED) is 0.572. The van der Waals surface area contributed by atoms with Crippen LogP contribution in [0, 0.1) is 5.82 Å². The van der Waals surface area contributed by atoms with Crippen LogP contribution in [0.15, 0.2) is 59.3 Å². The summed E-state index contributed by atoms with van der Waals surface area (Å²) in [5.41, 5.74) is -0.509. The second kappa shape index (κ2) is 7.51. The summed E-state index contributed by atoms with van der Waals surface area (Å²) in [4.78, 5) is 12.2. The van der Waals surface area contributed by atoms with Crippen molar-refractivity contribution in [2.45, 2.75) is 12.7 Å². The van der Waals surface area contributed by atoms with E-state index in [-0.39, 0.29) is 5.56 Å². The average molecular weight is 442 g/mol. The topological polar surface area (TPSA) is 46.9 Å². The van der Waals surface area contributed by atoms with Gasteiger partial charge in [0.15, 0.2) is 0 Å². The Balaban J connectivity index is 1.73. The fourth-order valence-electron chi connectivity index (χ4n) is 2.37. The lowest BCUT2D eigenvalue weighted by Gasteiger charge is -2.11. The standard InChI is InChI=1S/C18H12BrF4N3O/c19-14-8-24-26(10-14)9-11-1-3-12(4-2-11)17(27)25-16-7-13(18(21,22)23)5-6-15(16)20/h1-8,10H,9H2,(H,25,27). The van der Waals surface area contributed by atoms with Gasteiger partial charge in [0, 0.05) is 11.8 Å². The number of nitrogens with zero attached hydrogens (tertiary/aromatic N) is 2. The molecule has 0 atom stereocenters. The van der Waals surface area contributed by atoms with Gasteiger partial charge in [0.1, 0.15) is 5.82 Å². The number of nitrogens with one attached hydrogen (secondary N) is 1. The Morgan fingerprint density at radius 3 is 2.44 bits per heavy atom. The normalized spacial score (nSPS) is 11.4. The van der Waals surface area contributed by atoms with E-state index in [0.29, 0.717) is 24.7 Å². The number of hydrogen-bond donors (Lipinski definition) is 1. The van der Waals surface area contributed by atoms with Crippen molar-refractivity contribution < 1.29 is 22.4 Å². The number of rotatable bonds is 4. The first-order valence-corrected chi connectivity index (χ1v) is 8.46. The molecule has 9 heteroatoms. The van der Waals surface area contributed by atoms with Gasteiger partial charge in [-0.05, 0) is 51.8 Å². The number of carbonyl (C=O) groups is 1. The summed E-state index contributed by atoms with van der Waals surface area (Å²) < 4.78 is 54.5. The highest BCUT2D eigenvalue weighted by Gasteiger charge is 2.31. The Kier molecular flexibility index (Phi) is 5.31. The molecule has 3 aromatic rings. The van der Waals surface area contributed by atoms with E-state index >= 15 is 0 Å². The maximum absolute atomic E-state index is 13.7. The molecule has 0 spiro atoms. The zero-order chi connectivity index (χ0) is 19.6. The Morgan fingerprint density at radius 1 is 1.15 bits per heavy atom. The zero-order valence-corrected chi connectivity index (χ0v) is 15.2. The smallest absolute Gasteiger partial charge is 0.319 e. The van der Waals surface area contributed by atoms with Crippen molar-refractivity contribution in [1.29, 1.82) is 0 Å². The molecule has 0 radical (unpaired) electrons. The van der Waals surface area contributed by atoms with E-state index in [1.165, 1.54) is 12.1 Å². The molecule has 0 aliphatic rings. The van der Waals surface area contributed by atoms with E-state index in [4.69, 9.17) is 0 Å². The predicted molar refractivity (Wildman–Crippen MR) is 94.8 cm³/mol. The summed E-state index contributed by atoms with van der Waals surface area (Å²) in [5, 5.41) is 6.29. The molecule has 0 saturated heterocycles. The third kappa shape index (κ3) is 4.73. The molecular weight excluding hydrogens is 430 g/mol. The van der Waals surface area contributed by atoms with Crippen molar-refractivity contribution in [3.63, 3.8) is 0 Å². The van der Waals surface area contributed by atoms with Gasteiger partial charge < -0.3 is 5.32 Å². The van der Waals surface area contributed by atoms with Gasteiger partial charge in [-0.15, -0.1) is 0 Å². The van der Waals surface area contributed by atoms with Gasteiger partial charge in [-0.25, -0.2) is 4.39 Å². The summed E-state index contributed by atoms with van der Waals surface area (Å²) in [6.45, 7) is 0.482. The molecule has 1 heterocycles. The van der Waals surface area contributed by atoms with Crippen LogP contribution in [-0.4, -0.2) is 15.7 Å². The summed E-state index contributed by atoms with van der Waals surface area (Å²) in [7, 11) is 0. The van der Waals surface area contributed by atoms with Crippen molar-refractivity contribution >= 4 is 27.5 Å². The SMILES string of the molecule is O=C(Nc1cc(C(F)(F)F)ccc1F)c1ccc(Cn2cc(Br)cn2)cc1. The molecule has 0 unspecified atom stereocenters. The first-order valence-electron chi connectivity index (χ1n) is 7.67. The van der Waals surface area contributed by atoms with Crippen LogP contribution in [0.5, 0.6) is 0 Å². The van der Waals surface area contributed by atoms with Gasteiger partial charge in [-0.3, -0.25) is 9.48 Å². The first kappa shape index (κ1) is 19.1. The number of aromatic nitrogens is 2. The number of halogens is 5. The number of hydrogen-bond acceptors (Lipinski definition) is 2. The van der Waals surface area contributed by atoms with E-state index < -0.39 is 29.2 Å². The second-order valence-corrected chi connectivity index (χ2v) is 6.62. The number of amides is 1. The molecule has 1 N–H and O–H groups in total. The van der Waals surface area contributed by atoms with Crippen LogP contribution < -0.4 is 5.32 Å². The van der Waals surface area contributed by atoms with Gasteiger partial charge in [0.2, 0.25) is 0 Å². The third-order valence-electron chi connectivity index (χ3n) is 3.70. The number of anilines is 1. The average Bonchev–Trinajstić information content (AvgIpc) is 3.01. The highest BCUT2D eigenvalue weighted by atomic mass is 79.9. The number of alkyl halides is 3. The molecule has 0 aliphatic heterocycles. The van der Waals surface area contributed by atoms with Crippen LogP contribution in [0.2, 0.25) is 0 Å². The summed E-state index contributed by atoms with van der Waals surface area (Å²) >= 11 is 3.29. The van der Waals surface area contributed by atoms with Crippen LogP contribution in [-0.2, 0) is 12.7 Å². The highest BCUT2D eigenvalue weighted by Crippen LogP contribution is 2.32. The van der Waals surface area contributed by atoms with E-state index in [1.54, 1.807) is 29.2 Å². The van der Waals surface area contributed by atoms with Crippen LogP contribution in [0.4, 0.5) is 23.2 Å². The monoisotopic (exact) mass is 441 g/mol. The maximum atomic E-state index is 13.7. The van der Waals surface area contributed by atoms with Gasteiger partial charge >= 0.3 is 6.18 Å². The third-order valence-corrected chi connectivity index (χ3v) is 4.11. The first-order chi connectivity index (χ1) is 12.7. The van der Waals surface area contributed by atoms with Gasteiger partial charge in [-0.1, -0.05) is 12.1 Å². The fraction of sp³-hybridized carbons (Fsp3) is 0.111. The number of benzene rings is 2. The Labute approximate surface area is 159 Å². The molecule has 27 heavy (non-hydrogen) atoms. The van der Waals surface area contributed by atoms with E-state index in [1.807, 2.05) is 0 Å². The molecular formula is C18H12BrF4N3O. The minimum absolute atomic E-state index is 0.192. The summed E-state index contributed by atoms with van der Waals surface area (Å²) in [6.07, 6.45) is -1.20. The lowest BCUT2D eigenvalue weighted by atomic mass is 10.1. The second-order valence-electron chi connectivity index (χ2n) is 5.70.